The van der Waals surface area contributed by atoms with E-state index in [9.17, 15) is 29.4 Å². The van der Waals surface area contributed by atoms with Crippen molar-refractivity contribution in [2.24, 2.45) is 22.7 Å². The standard InChI is InChI=1S/C47H60N4O10/c1-7-43(56)22-29-23-45(24-37(54)59-5,38-31(14-18-49(25-29)26-43)30-12-9-10-13-34(30)48-38)33-20-32-35(21-36(33)58-4)51(27-52)40-46(32)16-19-50-17-11-15-44(8-2,39(46)50)41(61-28(3)53)47(40,57)42(55)60-6/h9-13,15,20-21,27,29,33,36,39-41,48,56-57H,7-8,14,16-19,22-26H2,1-6H3/t29?,33?,36?,39-,40+,41+,43-,44+,45-,46+,47-/m0/s1. The summed E-state index contributed by atoms with van der Waals surface area (Å²) in [5.74, 6) is -2.63. The molecule has 4 fully saturated rings. The Balaban J connectivity index is 1.34. The summed E-state index contributed by atoms with van der Waals surface area (Å²) in [5, 5.41) is 26.5. The number of esters is 3. The number of amides is 1. The molecule has 2 aliphatic carbocycles. The van der Waals surface area contributed by atoms with Crippen LogP contribution < -0.4 is 0 Å². The molecular weight excluding hydrogens is 781 g/mol. The zero-order valence-corrected chi connectivity index (χ0v) is 36.1. The molecule has 1 spiro atoms. The molecule has 7 aliphatic rings. The predicted molar refractivity (Wildman–Crippen MR) is 224 cm³/mol. The minimum atomic E-state index is -2.50. The van der Waals surface area contributed by atoms with Gasteiger partial charge in [0.25, 0.3) is 0 Å². The number of allylic oxidation sites excluding steroid dienone is 1. The van der Waals surface area contributed by atoms with Crippen LogP contribution in [-0.2, 0) is 50.0 Å². The van der Waals surface area contributed by atoms with Gasteiger partial charge >= 0.3 is 17.9 Å². The highest BCUT2D eigenvalue weighted by atomic mass is 16.6. The molecule has 1 amide bonds. The second kappa shape index (κ2) is 14.9. The zero-order chi connectivity index (χ0) is 43.3. The van der Waals surface area contributed by atoms with E-state index in [-0.39, 0.29) is 12.3 Å². The lowest BCUT2D eigenvalue weighted by Crippen LogP contribution is -2.80. The number of hydrogen-bond donors (Lipinski definition) is 3. The molecule has 9 rings (SSSR count). The molecule has 3 saturated heterocycles. The van der Waals surface area contributed by atoms with Gasteiger partial charge < -0.3 is 39.0 Å². The summed E-state index contributed by atoms with van der Waals surface area (Å²) in [7, 11) is 4.23. The largest absolute Gasteiger partial charge is 0.469 e. The number of H-pyrrole nitrogens is 1. The molecule has 4 unspecified atom stereocenters. The van der Waals surface area contributed by atoms with Gasteiger partial charge in [0.05, 0.1) is 38.4 Å². The van der Waals surface area contributed by atoms with E-state index in [2.05, 4.69) is 33.0 Å². The molecule has 2 bridgehead atoms. The maximum Gasteiger partial charge on any atom is 0.344 e. The van der Waals surface area contributed by atoms with Crippen LogP contribution in [0, 0.1) is 22.7 Å². The molecule has 61 heavy (non-hydrogen) atoms. The molecule has 328 valence electrons. The Bertz CT molecular complexity index is 2240. The van der Waals surface area contributed by atoms with Crippen molar-refractivity contribution in [2.75, 3.05) is 54.1 Å². The maximum absolute atomic E-state index is 14.4. The molecular formula is C47H60N4O10. The lowest BCUT2D eigenvalue weighted by molar-refractivity contribution is -0.242. The number of nitrogens with one attached hydrogen (secondary N) is 1. The van der Waals surface area contributed by atoms with Crippen molar-refractivity contribution in [2.45, 2.75) is 107 Å². The van der Waals surface area contributed by atoms with Gasteiger partial charge in [0.2, 0.25) is 12.0 Å². The molecule has 1 saturated carbocycles. The van der Waals surface area contributed by atoms with Gasteiger partial charge in [-0.1, -0.05) is 50.3 Å². The average Bonchev–Trinajstić information content (AvgIpc) is 3.93. The van der Waals surface area contributed by atoms with Gasteiger partial charge in [-0.15, -0.1) is 0 Å². The van der Waals surface area contributed by atoms with Crippen LogP contribution in [0.4, 0.5) is 0 Å². The summed E-state index contributed by atoms with van der Waals surface area (Å²) >= 11 is 0. The number of ether oxygens (including phenoxy) is 4. The van der Waals surface area contributed by atoms with E-state index < -0.39 is 75.6 Å². The fourth-order valence-electron chi connectivity index (χ4n) is 14.1. The first-order valence-corrected chi connectivity index (χ1v) is 22.0. The lowest BCUT2D eigenvalue weighted by Gasteiger charge is -2.63. The Labute approximate surface area is 356 Å². The maximum atomic E-state index is 14.4. The Hall–Kier alpha value is -4.34. The quantitative estimate of drug-likeness (QED) is 0.146. The fraction of sp³-hybridized carbons (Fsp3) is 0.617. The smallest absolute Gasteiger partial charge is 0.344 e. The number of nitrogens with zero attached hydrogens (tertiary/aromatic N) is 3. The lowest BCUT2D eigenvalue weighted by atomic mass is 9.47. The van der Waals surface area contributed by atoms with Crippen LogP contribution >= 0.6 is 0 Å². The molecule has 14 nitrogen and oxygen atoms in total. The summed E-state index contributed by atoms with van der Waals surface area (Å²) in [6.07, 6.45) is 9.88. The number of aromatic amines is 1. The van der Waals surface area contributed by atoms with Gasteiger partial charge in [-0.25, -0.2) is 4.79 Å². The van der Waals surface area contributed by atoms with E-state index in [4.69, 9.17) is 18.9 Å². The molecule has 1 aromatic heterocycles. The molecule has 6 heterocycles. The van der Waals surface area contributed by atoms with Crippen molar-refractivity contribution in [1.29, 1.82) is 0 Å². The average molecular weight is 841 g/mol. The van der Waals surface area contributed by atoms with Gasteiger partial charge in [0, 0.05) is 90.7 Å². The Kier molecular flexibility index (Phi) is 10.3. The van der Waals surface area contributed by atoms with E-state index in [0.717, 1.165) is 40.8 Å². The summed E-state index contributed by atoms with van der Waals surface area (Å²) < 4.78 is 23.6. The van der Waals surface area contributed by atoms with Crippen molar-refractivity contribution in [3.63, 3.8) is 0 Å². The van der Waals surface area contributed by atoms with Gasteiger partial charge in [0.1, 0.15) is 0 Å². The van der Waals surface area contributed by atoms with Crippen molar-refractivity contribution < 1.29 is 48.3 Å². The molecule has 14 heteroatoms. The second-order valence-electron chi connectivity index (χ2n) is 18.9. The number of para-hydroxylation sites is 1. The first kappa shape index (κ1) is 42.0. The topological polar surface area (TPSA) is 171 Å². The van der Waals surface area contributed by atoms with Crippen molar-refractivity contribution in [3.05, 3.63) is 71.1 Å². The summed E-state index contributed by atoms with van der Waals surface area (Å²) in [6, 6.07) is 6.56. The molecule has 12 atom stereocenters. The number of carbonyl (C=O) groups is 4. The van der Waals surface area contributed by atoms with E-state index in [1.54, 1.807) is 7.11 Å². The van der Waals surface area contributed by atoms with Crippen LogP contribution in [0.1, 0.15) is 70.6 Å². The highest BCUT2D eigenvalue weighted by Crippen LogP contribution is 2.70. The fourth-order valence-corrected chi connectivity index (χ4v) is 14.1. The second-order valence-corrected chi connectivity index (χ2v) is 18.9. The molecule has 2 aromatic rings. The number of aromatic nitrogens is 1. The first-order chi connectivity index (χ1) is 29.2. The third-order valence-corrected chi connectivity index (χ3v) is 16.2. The number of rotatable bonds is 9. The minimum absolute atomic E-state index is 0.00646. The van der Waals surface area contributed by atoms with Gasteiger partial charge in [-0.3, -0.25) is 24.2 Å². The third kappa shape index (κ3) is 5.77. The van der Waals surface area contributed by atoms with Crippen LogP contribution in [0.15, 0.2) is 59.8 Å². The number of carbonyl (C=O) groups excluding carboxylic acids is 4. The molecule has 3 N–H and O–H groups in total. The summed E-state index contributed by atoms with van der Waals surface area (Å²) in [4.78, 5) is 65.4. The van der Waals surface area contributed by atoms with E-state index in [1.807, 2.05) is 44.2 Å². The summed E-state index contributed by atoms with van der Waals surface area (Å²) in [6.45, 7) is 8.47. The van der Waals surface area contributed by atoms with Crippen molar-refractivity contribution in [1.82, 2.24) is 19.7 Å². The normalized spacial score (nSPS) is 39.9. The van der Waals surface area contributed by atoms with Crippen LogP contribution in [0.5, 0.6) is 0 Å². The van der Waals surface area contributed by atoms with Crippen molar-refractivity contribution >= 4 is 35.2 Å². The van der Waals surface area contributed by atoms with Crippen LogP contribution in [0.2, 0.25) is 0 Å². The van der Waals surface area contributed by atoms with Crippen LogP contribution in [-0.4, -0.2) is 144 Å². The number of aliphatic hydroxyl groups is 2. The third-order valence-electron chi connectivity index (χ3n) is 16.2. The van der Waals surface area contributed by atoms with Gasteiger partial charge in [0.15, 0.2) is 6.10 Å². The Morgan fingerprint density at radius 2 is 1.79 bits per heavy atom. The number of fused-ring (bicyclic) bond motifs is 6. The SMILES string of the molecule is CC[C@]1(O)CC2CN(CCc3c([nH]c4ccccc34)[C@@](CC(=O)OC)(C3C=C4C(=CC3OC)N(C=O)[C@H]3[C@@](O)(C(=O)OC)[C@H](OC(C)=O)[C@]5(CC)C=CCN6CC[C@]43[C@@H]65)C2)C1. The van der Waals surface area contributed by atoms with Gasteiger partial charge in [-0.2, -0.15) is 0 Å². The Morgan fingerprint density at radius 3 is 2.48 bits per heavy atom. The Morgan fingerprint density at radius 1 is 1.00 bits per heavy atom. The van der Waals surface area contributed by atoms with E-state index >= 15 is 0 Å². The highest BCUT2D eigenvalue weighted by molar-refractivity contribution is 5.87. The molecule has 5 aliphatic heterocycles. The van der Waals surface area contributed by atoms with E-state index in [0.29, 0.717) is 70.3 Å². The van der Waals surface area contributed by atoms with Crippen molar-refractivity contribution in [3.8, 4) is 0 Å². The monoisotopic (exact) mass is 840 g/mol. The first-order valence-electron chi connectivity index (χ1n) is 22.0. The number of likely N-dealkylation sites (tertiary alicyclic amines) is 1. The number of benzene rings is 1. The van der Waals surface area contributed by atoms with Crippen LogP contribution in [0.25, 0.3) is 10.9 Å². The van der Waals surface area contributed by atoms with Crippen LogP contribution in [0.3, 0.4) is 0 Å². The summed E-state index contributed by atoms with van der Waals surface area (Å²) in [5.41, 5.74) is -2.27. The molecule has 1 aromatic carbocycles. The highest BCUT2D eigenvalue weighted by Gasteiger charge is 2.82. The number of piperidine rings is 1. The van der Waals surface area contributed by atoms with Gasteiger partial charge in [-0.05, 0) is 74.3 Å². The number of hydrogen-bond acceptors (Lipinski definition) is 12. The molecule has 0 radical (unpaired) electrons. The predicted octanol–water partition coefficient (Wildman–Crippen LogP) is 3.55. The zero-order valence-electron chi connectivity index (χ0n) is 36.1. The number of methoxy groups -OCH3 is 3. The minimum Gasteiger partial charge on any atom is -0.469 e. The van der Waals surface area contributed by atoms with E-state index in [1.165, 1.54) is 26.0 Å².